The van der Waals surface area contributed by atoms with E-state index in [2.05, 4.69) is 15.2 Å². The molecule has 0 radical (unpaired) electrons. The van der Waals surface area contributed by atoms with Gasteiger partial charge in [0.25, 0.3) is 0 Å². The molecule has 0 amide bonds. The maximum atomic E-state index is 12.9. The van der Waals surface area contributed by atoms with Crippen molar-refractivity contribution in [2.45, 2.75) is 6.42 Å². The molecule has 0 saturated heterocycles. The van der Waals surface area contributed by atoms with E-state index in [1.807, 2.05) is 0 Å². The summed E-state index contributed by atoms with van der Waals surface area (Å²) in [6.45, 7) is 0.538. The molecule has 0 aliphatic rings. The molecule has 0 aliphatic carbocycles. The van der Waals surface area contributed by atoms with Crippen LogP contribution in [0.25, 0.3) is 10.6 Å². The second-order valence-corrected chi connectivity index (χ2v) is 3.99. The second kappa shape index (κ2) is 4.41. The van der Waals surface area contributed by atoms with E-state index >= 15 is 0 Å². The standard InChI is InChI=1S/C9H9FN4S/c10-7-3-6(4-12-5-7)9-14-13-8(15-9)1-2-11/h3-5H,1-2,11H2. The summed E-state index contributed by atoms with van der Waals surface area (Å²) in [4.78, 5) is 3.76. The van der Waals surface area contributed by atoms with Gasteiger partial charge in [0.1, 0.15) is 15.8 Å². The number of nitrogens with two attached hydrogens (primary N) is 1. The number of rotatable bonds is 3. The van der Waals surface area contributed by atoms with Gasteiger partial charge in [-0.25, -0.2) is 4.39 Å². The van der Waals surface area contributed by atoms with Crippen LogP contribution in [0, 0.1) is 5.82 Å². The van der Waals surface area contributed by atoms with Crippen LogP contribution in [0.5, 0.6) is 0 Å². The van der Waals surface area contributed by atoms with Gasteiger partial charge in [-0.2, -0.15) is 0 Å². The molecule has 15 heavy (non-hydrogen) atoms. The van der Waals surface area contributed by atoms with Crippen LogP contribution < -0.4 is 5.73 Å². The highest BCUT2D eigenvalue weighted by molar-refractivity contribution is 7.14. The third-order valence-corrected chi connectivity index (χ3v) is 2.81. The molecular weight excluding hydrogens is 215 g/mol. The zero-order valence-electron chi connectivity index (χ0n) is 7.85. The van der Waals surface area contributed by atoms with Crippen LogP contribution in [-0.4, -0.2) is 21.7 Å². The minimum Gasteiger partial charge on any atom is -0.330 e. The summed E-state index contributed by atoms with van der Waals surface area (Å²) in [7, 11) is 0. The van der Waals surface area contributed by atoms with Crippen LogP contribution in [0.3, 0.4) is 0 Å². The van der Waals surface area contributed by atoms with Crippen molar-refractivity contribution in [3.63, 3.8) is 0 Å². The Hall–Kier alpha value is -1.40. The van der Waals surface area contributed by atoms with Crippen molar-refractivity contribution < 1.29 is 4.39 Å². The number of pyridine rings is 1. The Balaban J connectivity index is 2.29. The number of hydrogen-bond acceptors (Lipinski definition) is 5. The molecule has 0 aliphatic heterocycles. The summed E-state index contributed by atoms with van der Waals surface area (Å²) in [5.74, 6) is -0.372. The van der Waals surface area contributed by atoms with Gasteiger partial charge < -0.3 is 5.73 Å². The van der Waals surface area contributed by atoms with Gasteiger partial charge in [0.15, 0.2) is 0 Å². The van der Waals surface area contributed by atoms with Crippen LogP contribution in [0.4, 0.5) is 4.39 Å². The van der Waals surface area contributed by atoms with Crippen LogP contribution in [0.15, 0.2) is 18.5 Å². The lowest BCUT2D eigenvalue weighted by atomic mass is 10.3. The van der Waals surface area contributed by atoms with Crippen LogP contribution in [-0.2, 0) is 6.42 Å². The molecule has 2 heterocycles. The van der Waals surface area contributed by atoms with E-state index in [0.717, 1.165) is 11.2 Å². The van der Waals surface area contributed by atoms with Crippen LogP contribution in [0.1, 0.15) is 5.01 Å². The van der Waals surface area contributed by atoms with Crippen LogP contribution in [0.2, 0.25) is 0 Å². The van der Waals surface area contributed by atoms with E-state index < -0.39 is 0 Å². The van der Waals surface area contributed by atoms with Crippen molar-refractivity contribution in [1.29, 1.82) is 0 Å². The fourth-order valence-electron chi connectivity index (χ4n) is 1.12. The predicted octanol–water partition coefficient (Wildman–Crippen LogP) is 1.24. The van der Waals surface area contributed by atoms with Crippen molar-refractivity contribution in [2.75, 3.05) is 6.54 Å². The molecular formula is C9H9FN4S. The maximum absolute atomic E-state index is 12.9. The summed E-state index contributed by atoms with van der Waals surface area (Å²) in [6, 6.07) is 1.39. The smallest absolute Gasteiger partial charge is 0.149 e. The van der Waals surface area contributed by atoms with Crippen molar-refractivity contribution in [1.82, 2.24) is 15.2 Å². The van der Waals surface area contributed by atoms with E-state index in [4.69, 9.17) is 5.73 Å². The van der Waals surface area contributed by atoms with E-state index in [9.17, 15) is 4.39 Å². The lowest BCUT2D eigenvalue weighted by Gasteiger charge is -1.93. The SMILES string of the molecule is NCCc1nnc(-c2cncc(F)c2)s1. The molecule has 0 bridgehead atoms. The summed E-state index contributed by atoms with van der Waals surface area (Å²) in [6.07, 6.45) is 3.42. The van der Waals surface area contributed by atoms with E-state index in [1.54, 1.807) is 6.20 Å². The predicted molar refractivity (Wildman–Crippen MR) is 55.9 cm³/mol. The molecule has 0 spiro atoms. The first-order valence-corrected chi connectivity index (χ1v) is 5.24. The van der Waals surface area contributed by atoms with Gasteiger partial charge in [0.05, 0.1) is 6.20 Å². The van der Waals surface area contributed by atoms with Crippen LogP contribution >= 0.6 is 11.3 Å². The molecule has 0 atom stereocenters. The molecule has 0 unspecified atom stereocenters. The normalized spacial score (nSPS) is 10.5. The monoisotopic (exact) mass is 224 g/mol. The molecule has 0 fully saturated rings. The first-order chi connectivity index (χ1) is 7.29. The molecule has 0 saturated carbocycles. The Labute approximate surface area is 90.0 Å². The highest BCUT2D eigenvalue weighted by Gasteiger charge is 2.06. The zero-order valence-corrected chi connectivity index (χ0v) is 8.67. The van der Waals surface area contributed by atoms with Gasteiger partial charge >= 0.3 is 0 Å². The minimum absolute atomic E-state index is 0.372. The Bertz CT molecular complexity index is 457. The highest BCUT2D eigenvalue weighted by atomic mass is 32.1. The molecule has 78 valence electrons. The van der Waals surface area contributed by atoms with Gasteiger partial charge in [-0.1, -0.05) is 11.3 Å². The first-order valence-electron chi connectivity index (χ1n) is 4.43. The summed E-state index contributed by atoms with van der Waals surface area (Å²) >= 11 is 1.41. The summed E-state index contributed by atoms with van der Waals surface area (Å²) in [5.41, 5.74) is 6.05. The summed E-state index contributed by atoms with van der Waals surface area (Å²) < 4.78 is 12.9. The van der Waals surface area contributed by atoms with E-state index in [-0.39, 0.29) is 5.82 Å². The van der Waals surface area contributed by atoms with E-state index in [0.29, 0.717) is 23.5 Å². The van der Waals surface area contributed by atoms with Gasteiger partial charge in [0, 0.05) is 18.2 Å². The Kier molecular flexibility index (Phi) is 2.98. The van der Waals surface area contributed by atoms with Crippen molar-refractivity contribution in [3.8, 4) is 10.6 Å². The average molecular weight is 224 g/mol. The molecule has 2 aromatic rings. The Morgan fingerprint density at radius 1 is 1.33 bits per heavy atom. The Morgan fingerprint density at radius 3 is 2.93 bits per heavy atom. The quantitative estimate of drug-likeness (QED) is 0.852. The third-order valence-electron chi connectivity index (χ3n) is 1.78. The highest BCUT2D eigenvalue weighted by Crippen LogP contribution is 2.23. The number of hydrogen-bond donors (Lipinski definition) is 1. The average Bonchev–Trinajstić information content (AvgIpc) is 2.67. The lowest BCUT2D eigenvalue weighted by Crippen LogP contribution is -2.01. The molecule has 2 N–H and O–H groups in total. The van der Waals surface area contributed by atoms with Gasteiger partial charge in [-0.3, -0.25) is 4.98 Å². The largest absolute Gasteiger partial charge is 0.330 e. The van der Waals surface area contributed by atoms with Gasteiger partial charge in [-0.05, 0) is 12.6 Å². The van der Waals surface area contributed by atoms with Gasteiger partial charge in [-0.15, -0.1) is 10.2 Å². The zero-order chi connectivity index (χ0) is 10.7. The minimum atomic E-state index is -0.372. The number of halogens is 1. The number of nitrogens with zero attached hydrogens (tertiary/aromatic N) is 3. The maximum Gasteiger partial charge on any atom is 0.149 e. The second-order valence-electron chi connectivity index (χ2n) is 2.93. The number of aromatic nitrogens is 3. The first kappa shape index (κ1) is 10.1. The van der Waals surface area contributed by atoms with Crippen molar-refractivity contribution in [3.05, 3.63) is 29.3 Å². The molecule has 0 aromatic carbocycles. The van der Waals surface area contributed by atoms with Crippen molar-refractivity contribution >= 4 is 11.3 Å². The fraction of sp³-hybridized carbons (Fsp3) is 0.222. The molecule has 2 aromatic heterocycles. The van der Waals surface area contributed by atoms with Crippen molar-refractivity contribution in [2.24, 2.45) is 5.73 Å². The fourth-order valence-corrected chi connectivity index (χ4v) is 1.96. The van der Waals surface area contributed by atoms with E-state index in [1.165, 1.54) is 17.4 Å². The topological polar surface area (TPSA) is 64.7 Å². The summed E-state index contributed by atoms with van der Waals surface area (Å²) in [5, 5.41) is 9.43. The Morgan fingerprint density at radius 2 is 2.20 bits per heavy atom. The third kappa shape index (κ3) is 2.34. The molecule has 2 rings (SSSR count). The molecule has 6 heteroatoms. The van der Waals surface area contributed by atoms with Gasteiger partial charge in [0.2, 0.25) is 0 Å². The lowest BCUT2D eigenvalue weighted by molar-refractivity contribution is 0.622. The molecule has 4 nitrogen and oxygen atoms in total.